The zero-order valence-corrected chi connectivity index (χ0v) is 19.0. The molecule has 2 aromatic carbocycles. The first kappa shape index (κ1) is 22.3. The maximum Gasteiger partial charge on any atom is 0.404 e. The summed E-state index contributed by atoms with van der Waals surface area (Å²) in [7, 11) is 0. The van der Waals surface area contributed by atoms with Gasteiger partial charge in [-0.15, -0.1) is 0 Å². The Morgan fingerprint density at radius 2 is 1.94 bits per heavy atom. The number of ether oxygens (including phenoxy) is 1. The summed E-state index contributed by atoms with van der Waals surface area (Å²) in [6.07, 6.45) is 4.61. The Labute approximate surface area is 193 Å². The number of carbonyl (C=O) groups is 1. The Morgan fingerprint density at radius 3 is 2.68 bits per heavy atom. The van der Waals surface area contributed by atoms with Crippen LogP contribution in [0.4, 0.5) is 4.79 Å². The Balaban J connectivity index is 1.59. The number of fused-ring (bicyclic) bond motifs is 1. The van der Waals surface area contributed by atoms with Crippen LogP contribution >= 0.6 is 23.2 Å². The highest BCUT2D eigenvalue weighted by molar-refractivity contribution is 6.42. The lowest BCUT2D eigenvalue weighted by atomic mass is 9.75. The van der Waals surface area contributed by atoms with E-state index in [-0.39, 0.29) is 6.54 Å². The predicted molar refractivity (Wildman–Crippen MR) is 124 cm³/mol. The summed E-state index contributed by atoms with van der Waals surface area (Å²) in [6.45, 7) is 2.89. The number of amides is 1. The third kappa shape index (κ3) is 5.46. The third-order valence-electron chi connectivity index (χ3n) is 6.39. The van der Waals surface area contributed by atoms with Crippen LogP contribution in [0.2, 0.25) is 10.0 Å². The Bertz CT molecular complexity index is 931. The topological polar surface area (TPSA) is 61.8 Å². The van der Waals surface area contributed by atoms with Gasteiger partial charge in [0.15, 0.2) is 0 Å². The van der Waals surface area contributed by atoms with E-state index in [1.807, 2.05) is 18.2 Å². The Morgan fingerprint density at radius 1 is 1.13 bits per heavy atom. The zero-order valence-electron chi connectivity index (χ0n) is 17.4. The highest BCUT2D eigenvalue weighted by Crippen LogP contribution is 2.40. The van der Waals surface area contributed by atoms with E-state index in [2.05, 4.69) is 28.4 Å². The molecule has 1 fully saturated rings. The second-order valence-electron chi connectivity index (χ2n) is 8.35. The molecule has 1 aliphatic heterocycles. The first-order valence-corrected chi connectivity index (χ1v) is 11.7. The summed E-state index contributed by atoms with van der Waals surface area (Å²) in [6, 6.07) is 12.7. The number of rotatable bonds is 7. The van der Waals surface area contributed by atoms with Crippen molar-refractivity contribution in [3.63, 3.8) is 0 Å². The van der Waals surface area contributed by atoms with Gasteiger partial charge in [0.25, 0.3) is 0 Å². The number of hydrogen-bond donors (Lipinski definition) is 2. The number of benzene rings is 2. The molecule has 2 unspecified atom stereocenters. The highest BCUT2D eigenvalue weighted by Gasteiger charge is 2.35. The van der Waals surface area contributed by atoms with Crippen LogP contribution in [0.25, 0.3) is 0 Å². The summed E-state index contributed by atoms with van der Waals surface area (Å²) >= 11 is 12.4. The van der Waals surface area contributed by atoms with Crippen LogP contribution in [0, 0.1) is 0 Å². The van der Waals surface area contributed by atoms with E-state index in [4.69, 9.17) is 33.0 Å². The number of nitrogens with one attached hydrogen (secondary N) is 1. The van der Waals surface area contributed by atoms with Crippen molar-refractivity contribution in [1.29, 1.82) is 0 Å². The molecule has 0 spiro atoms. The van der Waals surface area contributed by atoms with E-state index in [1.54, 1.807) is 0 Å². The van der Waals surface area contributed by atoms with Gasteiger partial charge >= 0.3 is 6.09 Å². The second-order valence-corrected chi connectivity index (χ2v) is 9.16. The van der Waals surface area contributed by atoms with E-state index < -0.39 is 6.09 Å². The molecule has 0 saturated carbocycles. The minimum Gasteiger partial charge on any atom is -0.492 e. The normalized spacial score (nSPS) is 21.0. The van der Waals surface area contributed by atoms with Gasteiger partial charge in [-0.1, -0.05) is 35.3 Å². The molecule has 5 nitrogen and oxygen atoms in total. The van der Waals surface area contributed by atoms with Crippen molar-refractivity contribution in [3.05, 3.63) is 63.1 Å². The number of carboxylic acid groups (broad SMARTS) is 1. The fourth-order valence-electron chi connectivity index (χ4n) is 4.95. The fourth-order valence-corrected chi connectivity index (χ4v) is 5.27. The molecule has 166 valence electrons. The average molecular weight is 463 g/mol. The summed E-state index contributed by atoms with van der Waals surface area (Å²) < 4.78 is 5.84. The second kappa shape index (κ2) is 10.1. The molecule has 2 N–H and O–H groups in total. The van der Waals surface area contributed by atoms with Crippen LogP contribution in [0.1, 0.15) is 41.9 Å². The molecule has 2 atom stereocenters. The smallest absolute Gasteiger partial charge is 0.404 e. The molecule has 31 heavy (non-hydrogen) atoms. The average Bonchev–Trinajstić information content (AvgIpc) is 3.28. The van der Waals surface area contributed by atoms with Crippen molar-refractivity contribution in [2.45, 2.75) is 44.1 Å². The highest BCUT2D eigenvalue weighted by atomic mass is 35.5. The van der Waals surface area contributed by atoms with Crippen LogP contribution in [0.5, 0.6) is 5.75 Å². The molecule has 0 radical (unpaired) electrons. The summed E-state index contributed by atoms with van der Waals surface area (Å²) in [5, 5.41) is 12.2. The number of aryl methyl sites for hydroxylation is 1. The molecular formula is C24H28Cl2N2O3. The van der Waals surface area contributed by atoms with Crippen molar-refractivity contribution in [2.24, 2.45) is 0 Å². The number of halogens is 2. The van der Waals surface area contributed by atoms with Crippen molar-refractivity contribution < 1.29 is 14.6 Å². The van der Waals surface area contributed by atoms with E-state index in [1.165, 1.54) is 29.5 Å². The third-order valence-corrected chi connectivity index (χ3v) is 7.13. The lowest BCUT2D eigenvalue weighted by molar-refractivity contribution is 0.187. The minimum atomic E-state index is -1.04. The van der Waals surface area contributed by atoms with Crippen LogP contribution < -0.4 is 10.1 Å². The summed E-state index contributed by atoms with van der Waals surface area (Å²) in [5.74, 6) is 1.13. The summed E-state index contributed by atoms with van der Waals surface area (Å²) in [4.78, 5) is 13.3. The molecule has 1 heterocycles. The molecule has 0 bridgehead atoms. The van der Waals surface area contributed by atoms with Gasteiger partial charge in [0.1, 0.15) is 12.4 Å². The van der Waals surface area contributed by atoms with E-state index in [0.717, 1.165) is 38.1 Å². The molecule has 1 aliphatic carbocycles. The van der Waals surface area contributed by atoms with Gasteiger partial charge in [0.05, 0.1) is 16.6 Å². The minimum absolute atomic E-state index is 0.259. The molecule has 1 amide bonds. The van der Waals surface area contributed by atoms with Crippen molar-refractivity contribution in [2.75, 3.05) is 26.2 Å². The lowest BCUT2D eigenvalue weighted by Gasteiger charge is -2.39. The van der Waals surface area contributed by atoms with Crippen LogP contribution in [-0.4, -0.2) is 48.4 Å². The van der Waals surface area contributed by atoms with Gasteiger partial charge < -0.3 is 15.2 Å². The number of likely N-dealkylation sites (tertiary alicyclic amines) is 1. The van der Waals surface area contributed by atoms with Gasteiger partial charge in [-0.2, -0.15) is 0 Å². The molecule has 0 aromatic heterocycles. The standard InChI is InChI=1S/C24H28Cl2N2O3/c25-21-7-3-16(14-22(21)26)13-20-19-15-18(31-12-9-27-24(29)30)6-4-17(19)5-8-23(20)28-10-1-2-11-28/h3-4,6-7,14-15,20,23,27H,1-2,5,8-13H2,(H,29,30). The maximum absolute atomic E-state index is 10.6. The number of nitrogens with zero attached hydrogens (tertiary/aromatic N) is 1. The van der Waals surface area contributed by atoms with E-state index in [9.17, 15) is 4.79 Å². The molecule has 2 aliphatic rings. The van der Waals surface area contributed by atoms with Crippen LogP contribution in [-0.2, 0) is 12.8 Å². The van der Waals surface area contributed by atoms with E-state index >= 15 is 0 Å². The monoisotopic (exact) mass is 462 g/mol. The summed E-state index contributed by atoms with van der Waals surface area (Å²) in [5.41, 5.74) is 3.89. The number of hydrogen-bond acceptors (Lipinski definition) is 3. The van der Waals surface area contributed by atoms with Crippen molar-refractivity contribution >= 4 is 29.3 Å². The van der Waals surface area contributed by atoms with Gasteiger partial charge in [-0.25, -0.2) is 4.79 Å². The van der Waals surface area contributed by atoms with Crippen LogP contribution in [0.15, 0.2) is 36.4 Å². The van der Waals surface area contributed by atoms with E-state index in [0.29, 0.717) is 28.6 Å². The molecule has 2 aromatic rings. The first-order chi connectivity index (χ1) is 15.0. The molecule has 7 heteroatoms. The molecule has 4 rings (SSSR count). The fraction of sp³-hybridized carbons (Fsp3) is 0.458. The van der Waals surface area contributed by atoms with Crippen LogP contribution in [0.3, 0.4) is 0 Å². The molecule has 1 saturated heterocycles. The Hall–Kier alpha value is -1.95. The van der Waals surface area contributed by atoms with Gasteiger partial charge in [0.2, 0.25) is 0 Å². The molecular weight excluding hydrogens is 435 g/mol. The maximum atomic E-state index is 10.6. The lowest BCUT2D eigenvalue weighted by Crippen LogP contribution is -2.41. The Kier molecular flexibility index (Phi) is 7.26. The van der Waals surface area contributed by atoms with Gasteiger partial charge in [-0.05, 0) is 86.1 Å². The zero-order chi connectivity index (χ0) is 21.8. The SMILES string of the molecule is O=C(O)NCCOc1ccc2c(c1)C(Cc1ccc(Cl)c(Cl)c1)C(N1CCCC1)CC2. The predicted octanol–water partition coefficient (Wildman–Crippen LogP) is 5.38. The quantitative estimate of drug-likeness (QED) is 0.542. The van der Waals surface area contributed by atoms with Gasteiger partial charge in [0, 0.05) is 12.0 Å². The van der Waals surface area contributed by atoms with Gasteiger partial charge in [-0.3, -0.25) is 4.90 Å². The largest absolute Gasteiger partial charge is 0.492 e. The van der Waals surface area contributed by atoms with Crippen molar-refractivity contribution in [1.82, 2.24) is 10.2 Å². The van der Waals surface area contributed by atoms with Crippen molar-refractivity contribution in [3.8, 4) is 5.75 Å². The first-order valence-electron chi connectivity index (χ1n) is 10.9.